The molecule has 0 aliphatic carbocycles. The smallest absolute Gasteiger partial charge is 0.267 e. The van der Waals surface area contributed by atoms with Crippen molar-refractivity contribution in [3.05, 3.63) is 102 Å². The van der Waals surface area contributed by atoms with Crippen LogP contribution in [0.4, 0.5) is 5.69 Å². The van der Waals surface area contributed by atoms with Crippen molar-refractivity contribution in [1.82, 2.24) is 10.2 Å². The van der Waals surface area contributed by atoms with Crippen molar-refractivity contribution in [2.75, 3.05) is 18.4 Å². The molecule has 0 radical (unpaired) electrons. The lowest BCUT2D eigenvalue weighted by Crippen LogP contribution is -2.40. The van der Waals surface area contributed by atoms with E-state index in [9.17, 15) is 10.1 Å². The Balaban J connectivity index is 1.31. The van der Waals surface area contributed by atoms with Gasteiger partial charge in [0.15, 0.2) is 0 Å². The van der Waals surface area contributed by atoms with E-state index in [1.807, 2.05) is 66.7 Å². The number of piperidine rings is 1. The highest BCUT2D eigenvalue weighted by molar-refractivity contribution is 7.99. The van der Waals surface area contributed by atoms with E-state index in [2.05, 4.69) is 39.8 Å². The number of hydrogen-bond donors (Lipinski definition) is 2. The molecule has 1 saturated heterocycles. The maximum absolute atomic E-state index is 12.8. The van der Waals surface area contributed by atoms with Gasteiger partial charge < -0.3 is 10.6 Å². The van der Waals surface area contributed by atoms with E-state index in [0.717, 1.165) is 42.3 Å². The molecule has 1 heterocycles. The Bertz CT molecular complexity index is 1150. The van der Waals surface area contributed by atoms with Gasteiger partial charge in [0.25, 0.3) is 5.91 Å². The molecule has 0 spiro atoms. The fourth-order valence-corrected chi connectivity index (χ4v) is 4.84. The van der Waals surface area contributed by atoms with Crippen LogP contribution in [0.15, 0.2) is 106 Å². The lowest BCUT2D eigenvalue weighted by Gasteiger charge is -2.32. The number of anilines is 1. The molecule has 2 N–H and O–H groups in total. The molecule has 1 aliphatic rings. The second-order valence-electron chi connectivity index (χ2n) is 8.24. The van der Waals surface area contributed by atoms with Crippen LogP contribution in [-0.4, -0.2) is 29.9 Å². The van der Waals surface area contributed by atoms with Crippen molar-refractivity contribution in [1.29, 1.82) is 5.26 Å². The number of carbonyl (C=O) groups excluding carboxylic acids is 1. The van der Waals surface area contributed by atoms with Crippen LogP contribution in [-0.2, 0) is 11.3 Å². The van der Waals surface area contributed by atoms with Gasteiger partial charge in [0.1, 0.15) is 11.6 Å². The summed E-state index contributed by atoms with van der Waals surface area (Å²) >= 11 is 1.57. The first-order chi connectivity index (χ1) is 16.7. The van der Waals surface area contributed by atoms with Gasteiger partial charge in [-0.05, 0) is 42.7 Å². The topological polar surface area (TPSA) is 68.2 Å². The highest BCUT2D eigenvalue weighted by atomic mass is 32.2. The Kier molecular flexibility index (Phi) is 8.39. The fourth-order valence-electron chi connectivity index (χ4n) is 3.91. The lowest BCUT2D eigenvalue weighted by atomic mass is 10.0. The lowest BCUT2D eigenvalue weighted by molar-refractivity contribution is -0.112. The number of rotatable bonds is 8. The van der Waals surface area contributed by atoms with E-state index < -0.39 is 5.91 Å². The molecular weight excluding hydrogens is 440 g/mol. The van der Waals surface area contributed by atoms with Crippen LogP contribution in [0, 0.1) is 11.3 Å². The van der Waals surface area contributed by atoms with Crippen LogP contribution in [0.3, 0.4) is 0 Å². The zero-order chi connectivity index (χ0) is 23.6. The summed E-state index contributed by atoms with van der Waals surface area (Å²) in [5.41, 5.74) is 2.09. The largest absolute Gasteiger partial charge is 0.387 e. The first-order valence-electron chi connectivity index (χ1n) is 11.5. The van der Waals surface area contributed by atoms with Crippen LogP contribution >= 0.6 is 11.8 Å². The van der Waals surface area contributed by atoms with E-state index >= 15 is 0 Å². The van der Waals surface area contributed by atoms with Gasteiger partial charge >= 0.3 is 0 Å². The Labute approximate surface area is 205 Å². The molecule has 0 bridgehead atoms. The summed E-state index contributed by atoms with van der Waals surface area (Å²) in [7, 11) is 0. The molecule has 172 valence electrons. The minimum atomic E-state index is -0.405. The summed E-state index contributed by atoms with van der Waals surface area (Å²) in [5.74, 6) is -0.405. The Hall–Kier alpha value is -3.53. The van der Waals surface area contributed by atoms with Crippen LogP contribution < -0.4 is 10.6 Å². The predicted molar refractivity (Wildman–Crippen MR) is 137 cm³/mol. The average molecular weight is 469 g/mol. The van der Waals surface area contributed by atoms with Crippen molar-refractivity contribution in [2.24, 2.45) is 0 Å². The van der Waals surface area contributed by atoms with E-state index in [1.54, 1.807) is 18.0 Å². The quantitative estimate of drug-likeness (QED) is 0.340. The second kappa shape index (κ2) is 12.1. The Morgan fingerprint density at radius 3 is 2.32 bits per heavy atom. The third-order valence-electron chi connectivity index (χ3n) is 5.77. The highest BCUT2D eigenvalue weighted by Crippen LogP contribution is 2.33. The minimum absolute atomic E-state index is 0.0752. The van der Waals surface area contributed by atoms with Crippen molar-refractivity contribution < 1.29 is 4.79 Å². The number of benzene rings is 3. The van der Waals surface area contributed by atoms with Gasteiger partial charge in [-0.2, -0.15) is 5.26 Å². The average Bonchev–Trinajstić information content (AvgIpc) is 2.88. The number of nitrogens with zero attached hydrogens (tertiary/aromatic N) is 2. The molecule has 0 saturated carbocycles. The summed E-state index contributed by atoms with van der Waals surface area (Å²) in [6, 6.07) is 30.4. The first-order valence-corrected chi connectivity index (χ1v) is 12.3. The summed E-state index contributed by atoms with van der Waals surface area (Å²) in [6.07, 6.45) is 3.51. The number of para-hydroxylation sites is 1. The van der Waals surface area contributed by atoms with Gasteiger partial charge in [-0.1, -0.05) is 72.4 Å². The maximum Gasteiger partial charge on any atom is 0.267 e. The van der Waals surface area contributed by atoms with Crippen LogP contribution in [0.1, 0.15) is 18.4 Å². The number of hydrogen-bond acceptors (Lipinski definition) is 5. The zero-order valence-corrected chi connectivity index (χ0v) is 19.8. The molecule has 0 unspecified atom stereocenters. The monoisotopic (exact) mass is 468 g/mol. The van der Waals surface area contributed by atoms with Gasteiger partial charge in [0, 0.05) is 41.7 Å². The minimum Gasteiger partial charge on any atom is -0.387 e. The highest BCUT2D eigenvalue weighted by Gasteiger charge is 2.19. The number of carbonyl (C=O) groups is 1. The Morgan fingerprint density at radius 2 is 1.62 bits per heavy atom. The van der Waals surface area contributed by atoms with Gasteiger partial charge in [0.2, 0.25) is 0 Å². The summed E-state index contributed by atoms with van der Waals surface area (Å²) < 4.78 is 0. The molecule has 34 heavy (non-hydrogen) atoms. The van der Waals surface area contributed by atoms with Crippen LogP contribution in [0.5, 0.6) is 0 Å². The first kappa shape index (κ1) is 23.6. The number of nitrogens with one attached hydrogen (secondary N) is 2. The maximum atomic E-state index is 12.8. The van der Waals surface area contributed by atoms with Gasteiger partial charge in [-0.15, -0.1) is 0 Å². The van der Waals surface area contributed by atoms with Crippen molar-refractivity contribution in [2.45, 2.75) is 35.2 Å². The molecule has 0 aromatic heterocycles. The molecule has 0 atom stereocenters. The van der Waals surface area contributed by atoms with Gasteiger partial charge in [-0.25, -0.2) is 0 Å². The Morgan fingerprint density at radius 1 is 0.971 bits per heavy atom. The predicted octanol–water partition coefficient (Wildman–Crippen LogP) is 5.44. The molecule has 3 aromatic carbocycles. The molecule has 3 aromatic rings. The standard InChI is InChI=1S/C28H28N4OS/c29-19-23(20-30-24-15-17-32(18-16-24)21-22-9-3-1-4-10-22)28(33)31-26-13-7-8-14-27(26)34-25-11-5-2-6-12-25/h1-14,20,24,30H,15-18,21H2,(H,31,33)/b23-20-. The van der Waals surface area contributed by atoms with E-state index in [1.165, 1.54) is 5.56 Å². The SMILES string of the molecule is N#C/C(=C/NC1CCN(Cc2ccccc2)CC1)C(=O)Nc1ccccc1Sc1ccccc1. The fraction of sp³-hybridized carbons (Fsp3) is 0.214. The second-order valence-corrected chi connectivity index (χ2v) is 9.35. The molecule has 4 rings (SSSR count). The van der Waals surface area contributed by atoms with Crippen molar-refractivity contribution >= 4 is 23.4 Å². The van der Waals surface area contributed by atoms with Gasteiger partial charge in [0.05, 0.1) is 5.69 Å². The van der Waals surface area contributed by atoms with Crippen LogP contribution in [0.2, 0.25) is 0 Å². The normalized spacial score (nSPS) is 14.9. The molecule has 1 fully saturated rings. The zero-order valence-electron chi connectivity index (χ0n) is 19.0. The molecular formula is C28H28N4OS. The van der Waals surface area contributed by atoms with Crippen molar-refractivity contribution in [3.8, 4) is 6.07 Å². The summed E-state index contributed by atoms with van der Waals surface area (Å²) in [4.78, 5) is 17.3. The third-order valence-corrected chi connectivity index (χ3v) is 6.86. The summed E-state index contributed by atoms with van der Waals surface area (Å²) in [5, 5.41) is 15.8. The summed E-state index contributed by atoms with van der Waals surface area (Å²) in [6.45, 7) is 2.92. The van der Waals surface area contributed by atoms with Gasteiger partial charge in [-0.3, -0.25) is 9.69 Å². The molecule has 6 heteroatoms. The van der Waals surface area contributed by atoms with Crippen LogP contribution in [0.25, 0.3) is 0 Å². The van der Waals surface area contributed by atoms with E-state index in [0.29, 0.717) is 5.69 Å². The van der Waals surface area contributed by atoms with Crippen molar-refractivity contribution in [3.63, 3.8) is 0 Å². The van der Waals surface area contributed by atoms with E-state index in [4.69, 9.17) is 0 Å². The van der Waals surface area contributed by atoms with E-state index in [-0.39, 0.29) is 11.6 Å². The molecule has 5 nitrogen and oxygen atoms in total. The molecule has 1 aliphatic heterocycles. The molecule has 1 amide bonds. The number of nitriles is 1. The number of likely N-dealkylation sites (tertiary alicyclic amines) is 1. The third kappa shape index (κ3) is 6.74. The number of amides is 1.